The van der Waals surface area contributed by atoms with Crippen LogP contribution in [0.1, 0.15) is 33.5 Å². The quantitative estimate of drug-likeness (QED) is 0.219. The van der Waals surface area contributed by atoms with Crippen LogP contribution in [0.2, 0.25) is 0 Å². The van der Waals surface area contributed by atoms with Crippen LogP contribution in [0.25, 0.3) is 0 Å². The highest BCUT2D eigenvalue weighted by Gasteiger charge is 2.47. The number of amides is 2. The molecule has 0 bridgehead atoms. The second kappa shape index (κ2) is 12.9. The van der Waals surface area contributed by atoms with Gasteiger partial charge >= 0.3 is 0 Å². The predicted molar refractivity (Wildman–Crippen MR) is 171 cm³/mol. The largest absolute Gasteiger partial charge is 0.497 e. The van der Waals surface area contributed by atoms with Crippen LogP contribution in [0.5, 0.6) is 17.2 Å². The lowest BCUT2D eigenvalue weighted by Crippen LogP contribution is -2.44. The van der Waals surface area contributed by atoms with E-state index >= 15 is 0 Å². The highest BCUT2D eigenvalue weighted by atomic mass is 32.2. The van der Waals surface area contributed by atoms with E-state index in [1.807, 2.05) is 49.4 Å². The number of ether oxygens (including phenoxy) is 3. The summed E-state index contributed by atoms with van der Waals surface area (Å²) in [5, 5.41) is 0. The van der Waals surface area contributed by atoms with Crippen molar-refractivity contribution < 1.29 is 36.4 Å². The van der Waals surface area contributed by atoms with E-state index in [-0.39, 0.29) is 42.5 Å². The van der Waals surface area contributed by atoms with Gasteiger partial charge in [-0.3, -0.25) is 13.8 Å². The van der Waals surface area contributed by atoms with Gasteiger partial charge in [0.25, 0.3) is 16.0 Å². The lowest BCUT2D eigenvalue weighted by Gasteiger charge is -2.26. The van der Waals surface area contributed by atoms with E-state index in [4.69, 9.17) is 18.4 Å². The Balaban J connectivity index is 1.36. The zero-order valence-electron chi connectivity index (χ0n) is 25.7. The van der Waals surface area contributed by atoms with Crippen LogP contribution in [-0.4, -0.2) is 58.0 Å². The highest BCUT2D eigenvalue weighted by molar-refractivity contribution is 7.86. The van der Waals surface area contributed by atoms with Crippen LogP contribution in [0.4, 0.5) is 5.69 Å². The normalized spacial score (nSPS) is 17.7. The molecule has 6 rings (SSSR count). The minimum atomic E-state index is -4.13. The maximum absolute atomic E-state index is 14.4. The summed E-state index contributed by atoms with van der Waals surface area (Å²) in [7, 11) is -1.08. The molecule has 2 aliphatic rings. The molecule has 10 nitrogen and oxygen atoms in total. The summed E-state index contributed by atoms with van der Waals surface area (Å²) in [6, 6.07) is 25.5. The lowest BCUT2D eigenvalue weighted by molar-refractivity contribution is -0.122. The Hall–Kier alpha value is -4.87. The molecule has 0 radical (unpaired) electrons. The van der Waals surface area contributed by atoms with Crippen molar-refractivity contribution in [2.24, 2.45) is 0 Å². The van der Waals surface area contributed by atoms with Gasteiger partial charge in [0.2, 0.25) is 5.91 Å². The summed E-state index contributed by atoms with van der Waals surface area (Å²) in [4.78, 5) is 31.5. The van der Waals surface area contributed by atoms with E-state index in [1.54, 1.807) is 48.4 Å². The Bertz CT molecular complexity index is 1840. The second-order valence-electron chi connectivity index (χ2n) is 11.3. The van der Waals surface area contributed by atoms with Gasteiger partial charge in [0.15, 0.2) is 11.5 Å². The fraction of sp³-hybridized carbons (Fsp3) is 0.257. The Labute approximate surface area is 268 Å². The van der Waals surface area contributed by atoms with Crippen LogP contribution < -0.4 is 19.1 Å². The first-order valence-electron chi connectivity index (χ1n) is 14.8. The van der Waals surface area contributed by atoms with Gasteiger partial charge in [-0.25, -0.2) is 0 Å². The fourth-order valence-electron chi connectivity index (χ4n) is 5.75. The van der Waals surface area contributed by atoms with Crippen molar-refractivity contribution in [1.29, 1.82) is 0 Å². The number of carbonyl (C=O) groups excluding carboxylic acids is 2. The first kappa shape index (κ1) is 31.1. The molecule has 0 saturated carbocycles. The Morgan fingerprint density at radius 2 is 1.54 bits per heavy atom. The first-order chi connectivity index (χ1) is 22.2. The first-order valence-corrected chi connectivity index (χ1v) is 16.2. The van der Waals surface area contributed by atoms with Crippen LogP contribution in [0, 0.1) is 6.92 Å². The number of nitrogens with zero attached hydrogens (tertiary/aromatic N) is 2. The van der Waals surface area contributed by atoms with Gasteiger partial charge < -0.3 is 24.0 Å². The smallest absolute Gasteiger partial charge is 0.297 e. The van der Waals surface area contributed by atoms with Gasteiger partial charge in [0.1, 0.15) is 18.4 Å². The van der Waals surface area contributed by atoms with Gasteiger partial charge in [0, 0.05) is 19.0 Å². The molecule has 4 aromatic rings. The number of hydrogen-bond acceptors (Lipinski definition) is 8. The maximum atomic E-state index is 14.4. The Morgan fingerprint density at radius 3 is 2.22 bits per heavy atom. The van der Waals surface area contributed by atoms with E-state index in [2.05, 4.69) is 0 Å². The van der Waals surface area contributed by atoms with Crippen molar-refractivity contribution in [1.82, 2.24) is 4.90 Å². The summed E-state index contributed by atoms with van der Waals surface area (Å²) in [5.74, 6) is 0.572. The SMILES string of the molecule is COc1ccc(CN2C(=O)[C@@H]3C[C@@H](OS(=O)(=O)c4ccc(C)cc4)CN3C(=O)c3cc(OC)c(OCc4ccccc4)cc32)cc1. The van der Waals surface area contributed by atoms with E-state index in [1.165, 1.54) is 24.1 Å². The van der Waals surface area contributed by atoms with Crippen molar-refractivity contribution in [3.63, 3.8) is 0 Å². The number of carbonyl (C=O) groups is 2. The van der Waals surface area contributed by atoms with Gasteiger partial charge in [0.05, 0.1) is 43.0 Å². The molecule has 2 amide bonds. The van der Waals surface area contributed by atoms with E-state index < -0.39 is 28.2 Å². The standard InChI is InChI=1S/C35H34N2O8S/c1-23-9-15-28(16-10-23)46(40,41)45-27-17-31-35(39)36(20-24-11-13-26(42-2)14-12-24)30-19-33(44-22-25-7-5-4-6-8-25)32(43-3)18-29(30)34(38)37(31)21-27/h4-16,18-19,27,31H,17,20-22H2,1-3H3/t27-,31+/m1/s1. The third-order valence-electron chi connectivity index (χ3n) is 8.19. The molecule has 4 aromatic carbocycles. The van der Waals surface area contributed by atoms with E-state index in [0.717, 1.165) is 16.7 Å². The summed E-state index contributed by atoms with van der Waals surface area (Å²) in [5.41, 5.74) is 3.25. The number of hydrogen-bond donors (Lipinski definition) is 0. The van der Waals surface area contributed by atoms with Crippen molar-refractivity contribution in [3.05, 3.63) is 113 Å². The molecule has 0 unspecified atom stereocenters. The Morgan fingerprint density at radius 1 is 0.826 bits per heavy atom. The summed E-state index contributed by atoms with van der Waals surface area (Å²) in [6.07, 6.45) is -0.902. The van der Waals surface area contributed by atoms with Crippen molar-refractivity contribution in [3.8, 4) is 17.2 Å². The molecule has 0 spiro atoms. The summed E-state index contributed by atoms with van der Waals surface area (Å²) >= 11 is 0. The number of aryl methyl sites for hydroxylation is 1. The molecule has 2 atom stereocenters. The highest BCUT2D eigenvalue weighted by Crippen LogP contribution is 2.41. The molecule has 238 valence electrons. The molecule has 46 heavy (non-hydrogen) atoms. The molecule has 0 N–H and O–H groups in total. The number of anilines is 1. The summed E-state index contributed by atoms with van der Waals surface area (Å²) in [6.45, 7) is 2.17. The third kappa shape index (κ3) is 6.29. The number of rotatable bonds is 10. The molecule has 2 aliphatic heterocycles. The number of methoxy groups -OCH3 is 2. The Kier molecular flexibility index (Phi) is 8.70. The predicted octanol–water partition coefficient (Wildman–Crippen LogP) is 5.13. The van der Waals surface area contributed by atoms with E-state index in [9.17, 15) is 18.0 Å². The molecular formula is C35H34N2O8S. The zero-order valence-corrected chi connectivity index (χ0v) is 26.5. The minimum Gasteiger partial charge on any atom is -0.497 e. The van der Waals surface area contributed by atoms with Crippen LogP contribution in [0.15, 0.2) is 95.9 Å². The van der Waals surface area contributed by atoms with Gasteiger partial charge in [-0.15, -0.1) is 0 Å². The average molecular weight is 643 g/mol. The van der Waals surface area contributed by atoms with Crippen LogP contribution >= 0.6 is 0 Å². The topological polar surface area (TPSA) is 112 Å². The molecular weight excluding hydrogens is 608 g/mol. The van der Waals surface area contributed by atoms with Gasteiger partial charge in [-0.05, 0) is 48.4 Å². The van der Waals surface area contributed by atoms with Crippen LogP contribution in [0.3, 0.4) is 0 Å². The molecule has 1 saturated heterocycles. The number of benzene rings is 4. The van der Waals surface area contributed by atoms with Crippen molar-refractivity contribution >= 4 is 27.6 Å². The van der Waals surface area contributed by atoms with E-state index in [0.29, 0.717) is 22.9 Å². The van der Waals surface area contributed by atoms with Gasteiger partial charge in [-0.1, -0.05) is 60.2 Å². The number of fused-ring (bicyclic) bond motifs is 2. The molecule has 0 aromatic heterocycles. The fourth-order valence-corrected chi connectivity index (χ4v) is 6.83. The van der Waals surface area contributed by atoms with Gasteiger partial charge in [-0.2, -0.15) is 8.42 Å². The molecule has 1 fully saturated rings. The lowest BCUT2D eigenvalue weighted by atomic mass is 10.1. The third-order valence-corrected chi connectivity index (χ3v) is 9.56. The monoisotopic (exact) mass is 642 g/mol. The minimum absolute atomic E-state index is 0.0112. The van der Waals surface area contributed by atoms with Crippen molar-refractivity contribution in [2.45, 2.75) is 43.5 Å². The second-order valence-corrected chi connectivity index (χ2v) is 12.8. The van der Waals surface area contributed by atoms with Crippen molar-refractivity contribution in [2.75, 3.05) is 25.7 Å². The maximum Gasteiger partial charge on any atom is 0.297 e. The summed E-state index contributed by atoms with van der Waals surface area (Å²) < 4.78 is 48.9. The zero-order chi connectivity index (χ0) is 32.4. The molecule has 0 aliphatic carbocycles. The molecule has 11 heteroatoms. The van der Waals surface area contributed by atoms with Crippen LogP contribution in [-0.2, 0) is 32.2 Å². The average Bonchev–Trinajstić information content (AvgIpc) is 3.46. The molecule has 2 heterocycles.